The lowest BCUT2D eigenvalue weighted by Gasteiger charge is -2.41. The van der Waals surface area contributed by atoms with E-state index in [0.717, 1.165) is 77.0 Å². The van der Waals surface area contributed by atoms with Gasteiger partial charge in [-0.1, -0.05) is 137 Å². The van der Waals surface area contributed by atoms with Crippen molar-refractivity contribution in [3.05, 3.63) is 85.1 Å². The van der Waals surface area contributed by atoms with Crippen LogP contribution in [0.3, 0.4) is 0 Å². The molecule has 1 rings (SSSR count). The van der Waals surface area contributed by atoms with Crippen LogP contribution in [0.25, 0.3) is 0 Å². The van der Waals surface area contributed by atoms with Gasteiger partial charge in [-0.05, 0) is 77.0 Å². The highest BCUT2D eigenvalue weighted by Gasteiger charge is 2.48. The summed E-state index contributed by atoms with van der Waals surface area (Å²) in [5.74, 6) is -0.464. The van der Waals surface area contributed by atoms with E-state index in [1.165, 1.54) is 25.7 Å². The summed E-state index contributed by atoms with van der Waals surface area (Å²) in [6, 6.07) is 0. The number of ether oxygens (including phenoxy) is 4. The molecule has 1 fully saturated rings. The molecular weight excluding hydrogens is 777 g/mol. The molecule has 1 heterocycles. The maximum Gasteiger partial charge on any atom is 0.397 e. The molecule has 0 bridgehead atoms. The molecule has 1 aliphatic rings. The fourth-order valence-corrected chi connectivity index (χ4v) is 6.47. The van der Waals surface area contributed by atoms with Gasteiger partial charge in [-0.3, -0.25) is 9.35 Å². The van der Waals surface area contributed by atoms with Crippen LogP contribution in [-0.2, 0) is 38.3 Å². The molecule has 1 aliphatic heterocycles. The highest BCUT2D eigenvalue weighted by Crippen LogP contribution is 2.26. The lowest BCUT2D eigenvalue weighted by Crippen LogP contribution is -2.60. The van der Waals surface area contributed by atoms with Crippen molar-refractivity contribution >= 4 is 16.4 Å². The number of allylic oxidation sites excluding steroid dienone is 14. The topological polar surface area (TPSA) is 178 Å². The highest BCUT2D eigenvalue weighted by molar-refractivity contribution is 7.80. The zero-order chi connectivity index (χ0) is 43.2. The first kappa shape index (κ1) is 54.3. The molecule has 0 amide bonds. The fraction of sp³-hybridized carbons (Fsp3) is 0.674. The number of carbonyl (C=O) groups excluding carboxylic acids is 1. The van der Waals surface area contributed by atoms with Crippen LogP contribution in [0.2, 0.25) is 0 Å². The number of aliphatic hydroxyl groups is 3. The second-order valence-electron chi connectivity index (χ2n) is 14.5. The largest absolute Gasteiger partial charge is 0.457 e. The summed E-state index contributed by atoms with van der Waals surface area (Å²) in [7, 11) is -5.07. The van der Waals surface area contributed by atoms with Crippen molar-refractivity contribution in [1.82, 2.24) is 0 Å². The van der Waals surface area contributed by atoms with Gasteiger partial charge in [0, 0.05) is 13.0 Å². The standard InChI is InChI=1S/C46H76O12S/c1-3-5-7-9-11-13-15-17-19-20-21-23-25-27-29-31-33-35-42(48)56-40(39-55-46-44(50)45(58-59(51,52)53)43(49)41(37-47)57-46)38-54-36-34-32-30-28-26-24-22-18-16-14-12-10-8-6-4-2/h5,7,10-13,16-19,21,23,27,29,40-41,43-47,49-50H,3-4,6,8-9,14-15,20,22,24-26,28,30-39H2,1-2H3,(H,51,52,53)/b7-5-,12-10-,13-11-,18-16-,19-17-,23-21-,29-27-. The van der Waals surface area contributed by atoms with Crippen LogP contribution in [0.4, 0.5) is 0 Å². The van der Waals surface area contributed by atoms with Crippen molar-refractivity contribution in [2.45, 2.75) is 173 Å². The summed E-state index contributed by atoms with van der Waals surface area (Å²) < 4.78 is 58.9. The van der Waals surface area contributed by atoms with Crippen molar-refractivity contribution < 1.29 is 56.2 Å². The molecule has 1 saturated heterocycles. The van der Waals surface area contributed by atoms with E-state index in [1.54, 1.807) is 0 Å². The van der Waals surface area contributed by atoms with E-state index in [2.05, 4.69) is 97.0 Å². The predicted molar refractivity (Wildman–Crippen MR) is 234 cm³/mol. The Hall–Kier alpha value is -2.72. The molecule has 338 valence electrons. The highest BCUT2D eigenvalue weighted by atomic mass is 32.3. The number of esters is 1. The molecule has 59 heavy (non-hydrogen) atoms. The van der Waals surface area contributed by atoms with E-state index in [-0.39, 0.29) is 19.6 Å². The molecule has 0 spiro atoms. The molecule has 0 saturated carbocycles. The Bertz CT molecular complexity index is 1350. The lowest BCUT2D eigenvalue weighted by atomic mass is 9.99. The number of hydrogen-bond donors (Lipinski definition) is 4. The molecular formula is C46H76O12S. The molecule has 0 radical (unpaired) electrons. The van der Waals surface area contributed by atoms with Gasteiger partial charge in [0.2, 0.25) is 0 Å². The van der Waals surface area contributed by atoms with Crippen LogP contribution in [-0.4, -0.2) is 97.5 Å². The molecule has 4 N–H and O–H groups in total. The van der Waals surface area contributed by atoms with Crippen LogP contribution in [0.5, 0.6) is 0 Å². The van der Waals surface area contributed by atoms with Crippen molar-refractivity contribution in [3.8, 4) is 0 Å². The molecule has 0 aromatic carbocycles. The minimum absolute atomic E-state index is 0.000451. The average Bonchev–Trinajstić information content (AvgIpc) is 3.20. The minimum atomic E-state index is -5.07. The molecule has 0 aromatic rings. The van der Waals surface area contributed by atoms with Crippen molar-refractivity contribution in [2.24, 2.45) is 0 Å². The van der Waals surface area contributed by atoms with Crippen molar-refractivity contribution in [3.63, 3.8) is 0 Å². The number of hydrogen-bond acceptors (Lipinski definition) is 11. The SMILES string of the molecule is CC/C=C\C/C=C\C/C=C\C/C=C\C/C=C\CCCC(=O)OC(COCCCCCCCC/C=C\C/C=C\CCCC)COC1OC(CO)C(O)C(OS(=O)(=O)O)C1O. The van der Waals surface area contributed by atoms with Gasteiger partial charge >= 0.3 is 16.4 Å². The Morgan fingerprint density at radius 1 is 0.661 bits per heavy atom. The van der Waals surface area contributed by atoms with Crippen LogP contribution in [0.15, 0.2) is 85.1 Å². The maximum atomic E-state index is 12.8. The van der Waals surface area contributed by atoms with Gasteiger partial charge in [-0.25, -0.2) is 4.18 Å². The Labute approximate surface area is 355 Å². The summed E-state index contributed by atoms with van der Waals surface area (Å²) >= 11 is 0. The van der Waals surface area contributed by atoms with E-state index in [1.807, 2.05) is 6.08 Å². The van der Waals surface area contributed by atoms with Crippen LogP contribution in [0, 0.1) is 0 Å². The zero-order valence-corrected chi connectivity index (χ0v) is 36.6. The second kappa shape index (κ2) is 37.1. The number of aliphatic hydroxyl groups excluding tert-OH is 3. The Kier molecular flexibility index (Phi) is 34.1. The monoisotopic (exact) mass is 853 g/mol. The first-order chi connectivity index (χ1) is 28.6. The third-order valence-corrected chi connectivity index (χ3v) is 9.72. The normalized spacial score (nSPS) is 21.2. The fourth-order valence-electron chi connectivity index (χ4n) is 5.96. The summed E-state index contributed by atoms with van der Waals surface area (Å²) in [5, 5.41) is 30.6. The first-order valence-electron chi connectivity index (χ1n) is 21.8. The van der Waals surface area contributed by atoms with E-state index < -0.39 is 59.8 Å². The number of unbranched alkanes of at least 4 members (excludes halogenated alkanes) is 9. The molecule has 6 atom stereocenters. The minimum Gasteiger partial charge on any atom is -0.457 e. The van der Waals surface area contributed by atoms with Gasteiger partial charge in [0.05, 0.1) is 19.8 Å². The summed E-state index contributed by atoms with van der Waals surface area (Å²) in [5.41, 5.74) is 0. The van der Waals surface area contributed by atoms with E-state index in [9.17, 15) is 28.5 Å². The molecule has 0 aromatic heterocycles. The van der Waals surface area contributed by atoms with Crippen molar-refractivity contribution in [1.29, 1.82) is 0 Å². The van der Waals surface area contributed by atoms with Gasteiger partial charge in [0.15, 0.2) is 6.29 Å². The maximum absolute atomic E-state index is 12.8. The Balaban J connectivity index is 2.51. The summed E-state index contributed by atoms with van der Waals surface area (Å²) in [4.78, 5) is 12.8. The van der Waals surface area contributed by atoms with Crippen LogP contribution in [0.1, 0.15) is 136 Å². The molecule has 6 unspecified atom stereocenters. The van der Waals surface area contributed by atoms with E-state index in [0.29, 0.717) is 19.4 Å². The lowest BCUT2D eigenvalue weighted by molar-refractivity contribution is -0.301. The summed E-state index contributed by atoms with van der Waals surface area (Å²) in [6.07, 6.45) is 39.1. The van der Waals surface area contributed by atoms with Gasteiger partial charge in [0.25, 0.3) is 0 Å². The number of carbonyl (C=O) groups is 1. The quantitative estimate of drug-likeness (QED) is 0.0204. The molecule has 0 aliphatic carbocycles. The number of rotatable bonds is 36. The average molecular weight is 853 g/mol. The third-order valence-electron chi connectivity index (χ3n) is 9.25. The van der Waals surface area contributed by atoms with Crippen LogP contribution < -0.4 is 0 Å². The van der Waals surface area contributed by atoms with Crippen molar-refractivity contribution in [2.75, 3.05) is 26.4 Å². The zero-order valence-electron chi connectivity index (χ0n) is 35.8. The molecule has 13 heteroatoms. The van der Waals surface area contributed by atoms with Gasteiger partial charge < -0.3 is 34.3 Å². The first-order valence-corrected chi connectivity index (χ1v) is 23.2. The summed E-state index contributed by atoms with van der Waals surface area (Å²) in [6.45, 7) is 3.71. The molecule has 12 nitrogen and oxygen atoms in total. The third kappa shape index (κ3) is 30.9. The second-order valence-corrected chi connectivity index (χ2v) is 15.6. The van der Waals surface area contributed by atoms with E-state index in [4.69, 9.17) is 23.5 Å². The van der Waals surface area contributed by atoms with Gasteiger partial charge in [-0.15, -0.1) is 0 Å². The van der Waals surface area contributed by atoms with E-state index >= 15 is 0 Å². The van der Waals surface area contributed by atoms with Crippen LogP contribution >= 0.6 is 0 Å². The Morgan fingerprint density at radius 3 is 1.71 bits per heavy atom. The van der Waals surface area contributed by atoms with Gasteiger partial charge in [-0.2, -0.15) is 8.42 Å². The smallest absolute Gasteiger partial charge is 0.397 e. The predicted octanol–water partition coefficient (Wildman–Crippen LogP) is 8.90. The Morgan fingerprint density at radius 2 is 1.17 bits per heavy atom. The van der Waals surface area contributed by atoms with Gasteiger partial charge in [0.1, 0.15) is 30.5 Å².